The Balaban J connectivity index is 2.16. The molecule has 0 radical (unpaired) electrons. The minimum absolute atomic E-state index is 0.187. The van der Waals surface area contributed by atoms with Crippen LogP contribution < -0.4 is 0 Å². The molecule has 0 aromatic heterocycles. The van der Waals surface area contributed by atoms with Crippen LogP contribution in [0.2, 0.25) is 5.02 Å². The Morgan fingerprint density at radius 2 is 2.08 bits per heavy atom. The molecule has 1 aromatic carbocycles. The average molecular weight is 378 g/mol. The summed E-state index contributed by atoms with van der Waals surface area (Å²) in [6.07, 6.45) is -0.814. The van der Waals surface area contributed by atoms with Crippen LogP contribution in [0, 0.1) is 0 Å². The lowest BCUT2D eigenvalue weighted by molar-refractivity contribution is -0.136. The summed E-state index contributed by atoms with van der Waals surface area (Å²) in [6.45, 7) is 6.47. The third kappa shape index (κ3) is 3.05. The van der Waals surface area contributed by atoms with Gasteiger partial charge in [-0.25, -0.2) is 9.59 Å². The van der Waals surface area contributed by atoms with Crippen LogP contribution in [0.5, 0.6) is 0 Å². The van der Waals surface area contributed by atoms with Gasteiger partial charge in [-0.3, -0.25) is 0 Å². The van der Waals surface area contributed by atoms with Crippen LogP contribution in [0.15, 0.2) is 47.0 Å². The summed E-state index contributed by atoms with van der Waals surface area (Å²) in [5.74, 6) is -0.724. The van der Waals surface area contributed by atoms with Crippen molar-refractivity contribution in [2.75, 3.05) is 19.8 Å². The molecule has 0 spiro atoms. The molecule has 2 aliphatic heterocycles. The van der Waals surface area contributed by atoms with Crippen LogP contribution >= 0.6 is 11.6 Å². The summed E-state index contributed by atoms with van der Waals surface area (Å²) in [5, 5.41) is 0.478. The lowest BCUT2D eigenvalue weighted by atomic mass is 9.85. The fourth-order valence-electron chi connectivity index (χ4n) is 3.39. The van der Waals surface area contributed by atoms with E-state index in [0.29, 0.717) is 28.5 Å². The van der Waals surface area contributed by atoms with Crippen molar-refractivity contribution in [1.29, 1.82) is 0 Å². The number of hydrogen-bond donors (Lipinski definition) is 0. The van der Waals surface area contributed by atoms with E-state index in [0.717, 1.165) is 11.4 Å². The number of likely N-dealkylation sites (N-methyl/N-ethyl adjacent to an activating group) is 1. The van der Waals surface area contributed by atoms with Crippen molar-refractivity contribution in [3.8, 4) is 0 Å². The Morgan fingerprint density at radius 3 is 2.73 bits per heavy atom. The fourth-order valence-corrected chi connectivity index (χ4v) is 3.64. The summed E-state index contributed by atoms with van der Waals surface area (Å²) >= 11 is 6.39. The van der Waals surface area contributed by atoms with Gasteiger partial charge in [0.05, 0.1) is 29.5 Å². The van der Waals surface area contributed by atoms with Gasteiger partial charge in [-0.2, -0.15) is 0 Å². The molecule has 7 heteroatoms. The maximum Gasteiger partial charge on any atom is 0.513 e. The van der Waals surface area contributed by atoms with E-state index in [4.69, 9.17) is 25.8 Å². The maximum atomic E-state index is 12.5. The van der Waals surface area contributed by atoms with Crippen molar-refractivity contribution in [3.63, 3.8) is 0 Å². The zero-order valence-corrected chi connectivity index (χ0v) is 15.6. The second-order valence-electron chi connectivity index (χ2n) is 5.87. The molecule has 2 aliphatic rings. The van der Waals surface area contributed by atoms with Crippen LogP contribution in [0.25, 0.3) is 0 Å². The number of esters is 1. The highest BCUT2D eigenvalue weighted by Gasteiger charge is 2.44. The first-order valence-electron chi connectivity index (χ1n) is 8.47. The minimum Gasteiger partial charge on any atom is -0.456 e. The van der Waals surface area contributed by atoms with Crippen LogP contribution in [-0.4, -0.2) is 36.8 Å². The number of nitrogens with zero attached hydrogens (tertiary/aromatic N) is 1. The van der Waals surface area contributed by atoms with Crippen molar-refractivity contribution < 1.29 is 23.8 Å². The van der Waals surface area contributed by atoms with E-state index in [9.17, 15) is 9.59 Å². The number of carbonyl (C=O) groups is 2. The van der Waals surface area contributed by atoms with Crippen molar-refractivity contribution in [2.45, 2.75) is 26.7 Å². The molecule has 0 fully saturated rings. The highest BCUT2D eigenvalue weighted by atomic mass is 35.5. The van der Waals surface area contributed by atoms with Crippen LogP contribution in [-0.2, 0) is 19.0 Å². The largest absolute Gasteiger partial charge is 0.513 e. The molecule has 0 aliphatic carbocycles. The molecule has 1 atom stereocenters. The van der Waals surface area contributed by atoms with E-state index in [1.165, 1.54) is 0 Å². The molecule has 0 amide bonds. The lowest BCUT2D eigenvalue weighted by Crippen LogP contribution is -2.32. The number of rotatable bonds is 4. The Labute approximate surface area is 157 Å². The van der Waals surface area contributed by atoms with E-state index in [-0.39, 0.29) is 13.2 Å². The quantitative estimate of drug-likeness (QED) is 0.739. The molecule has 0 saturated heterocycles. The third-order valence-corrected chi connectivity index (χ3v) is 4.84. The van der Waals surface area contributed by atoms with Crippen LogP contribution in [0.3, 0.4) is 0 Å². The Bertz CT molecular complexity index is 814. The Kier molecular flexibility index (Phi) is 5.23. The summed E-state index contributed by atoms with van der Waals surface area (Å²) in [6, 6.07) is 7.18. The van der Waals surface area contributed by atoms with Crippen molar-refractivity contribution in [3.05, 3.63) is 57.6 Å². The van der Waals surface area contributed by atoms with Crippen molar-refractivity contribution in [1.82, 2.24) is 4.90 Å². The van der Waals surface area contributed by atoms with Gasteiger partial charge in [0.15, 0.2) is 0 Å². The molecule has 1 unspecified atom stereocenters. The number of ether oxygens (including phenoxy) is 3. The van der Waals surface area contributed by atoms with Gasteiger partial charge in [0, 0.05) is 11.6 Å². The highest BCUT2D eigenvalue weighted by Crippen LogP contribution is 2.46. The number of hydrogen-bond acceptors (Lipinski definition) is 6. The van der Waals surface area contributed by atoms with E-state index in [1.807, 2.05) is 30.9 Å². The first-order chi connectivity index (χ1) is 12.5. The van der Waals surface area contributed by atoms with Gasteiger partial charge in [-0.1, -0.05) is 29.8 Å². The molecule has 26 heavy (non-hydrogen) atoms. The van der Waals surface area contributed by atoms with Gasteiger partial charge in [0.25, 0.3) is 0 Å². The van der Waals surface area contributed by atoms with Crippen molar-refractivity contribution in [2.24, 2.45) is 0 Å². The zero-order chi connectivity index (χ0) is 18.8. The molecule has 6 nitrogen and oxygen atoms in total. The summed E-state index contributed by atoms with van der Waals surface area (Å²) < 4.78 is 15.7. The zero-order valence-electron chi connectivity index (χ0n) is 14.9. The normalized spacial score (nSPS) is 19.5. The van der Waals surface area contributed by atoms with Gasteiger partial charge in [0.2, 0.25) is 0 Å². The smallest absolute Gasteiger partial charge is 0.456 e. The van der Waals surface area contributed by atoms with E-state index < -0.39 is 18.0 Å². The summed E-state index contributed by atoms with van der Waals surface area (Å²) in [4.78, 5) is 26.4. The standard InChI is InChI=1S/C19H20ClNO5/c1-4-21-11(3)17(26-19(23)24-5-2)15(12-8-6-7-9-13(12)20)16-14(21)10-25-18(16)22/h6-9,15H,4-5,10H2,1-3H3. The monoisotopic (exact) mass is 377 g/mol. The van der Waals surface area contributed by atoms with Gasteiger partial charge >= 0.3 is 12.1 Å². The minimum atomic E-state index is -0.814. The fraction of sp³-hybridized carbons (Fsp3) is 0.368. The summed E-state index contributed by atoms with van der Waals surface area (Å²) in [5.41, 5.74) is 2.62. The molecule has 138 valence electrons. The topological polar surface area (TPSA) is 65.1 Å². The van der Waals surface area contributed by atoms with Gasteiger partial charge in [-0.15, -0.1) is 0 Å². The Hall–Kier alpha value is -2.47. The van der Waals surface area contributed by atoms with Crippen molar-refractivity contribution >= 4 is 23.7 Å². The SMILES string of the molecule is CCOC(=O)OC1=C(C)N(CC)C2=C(C(=O)OC2)C1c1ccccc1Cl. The van der Waals surface area contributed by atoms with E-state index in [2.05, 4.69) is 0 Å². The number of allylic oxidation sites excluding steroid dienone is 2. The molecular weight excluding hydrogens is 358 g/mol. The molecular formula is C19H20ClNO5. The molecule has 2 heterocycles. The molecule has 0 bridgehead atoms. The maximum absolute atomic E-state index is 12.5. The number of halogens is 1. The Morgan fingerprint density at radius 1 is 1.35 bits per heavy atom. The summed E-state index contributed by atoms with van der Waals surface area (Å²) in [7, 11) is 0. The van der Waals surface area contributed by atoms with Gasteiger partial charge in [0.1, 0.15) is 12.4 Å². The predicted molar refractivity (Wildman–Crippen MR) is 95.4 cm³/mol. The predicted octanol–water partition coefficient (Wildman–Crippen LogP) is 3.97. The molecule has 0 N–H and O–H groups in total. The average Bonchev–Trinajstić information content (AvgIpc) is 2.98. The number of carbonyl (C=O) groups excluding carboxylic acids is 2. The second kappa shape index (κ2) is 7.41. The van der Waals surface area contributed by atoms with Crippen LogP contribution in [0.1, 0.15) is 32.3 Å². The first kappa shape index (κ1) is 18.3. The van der Waals surface area contributed by atoms with E-state index >= 15 is 0 Å². The number of cyclic esters (lactones) is 1. The van der Waals surface area contributed by atoms with Gasteiger partial charge in [-0.05, 0) is 32.4 Å². The van der Waals surface area contributed by atoms with Gasteiger partial charge < -0.3 is 19.1 Å². The van der Waals surface area contributed by atoms with Crippen LogP contribution in [0.4, 0.5) is 4.79 Å². The molecule has 3 rings (SSSR count). The first-order valence-corrected chi connectivity index (χ1v) is 8.84. The molecule has 1 aromatic rings. The third-order valence-electron chi connectivity index (χ3n) is 4.50. The highest BCUT2D eigenvalue weighted by molar-refractivity contribution is 6.31. The second-order valence-corrected chi connectivity index (χ2v) is 6.28. The molecule has 0 saturated carbocycles. The lowest BCUT2D eigenvalue weighted by Gasteiger charge is -2.35. The number of benzene rings is 1. The van der Waals surface area contributed by atoms with E-state index in [1.54, 1.807) is 19.1 Å².